The zero-order chi connectivity index (χ0) is 22.0. The molecule has 0 aliphatic carbocycles. The largest absolute Gasteiger partial charge is 0.375 e. The Hall–Kier alpha value is -1.85. The van der Waals surface area contributed by atoms with Gasteiger partial charge in [-0.15, -0.1) is 10.4 Å². The molecule has 4 N–H and O–H groups in total. The molecule has 0 heterocycles. The normalized spacial score (nSPS) is 11.4. The Morgan fingerprint density at radius 3 is 1.52 bits per heavy atom. The minimum atomic E-state index is -3.35. The molecule has 0 saturated carbocycles. The molecule has 7 heteroatoms. The highest BCUT2D eigenvalue weighted by atomic mass is 31.2. The summed E-state index contributed by atoms with van der Waals surface area (Å²) in [6.07, 6.45) is 12.5. The molecule has 0 aliphatic rings. The van der Waals surface area contributed by atoms with Gasteiger partial charge in [0.1, 0.15) is 0 Å². The molecule has 0 saturated heterocycles. The lowest BCUT2D eigenvalue weighted by Crippen LogP contribution is -2.32. The zero-order valence-corrected chi connectivity index (χ0v) is 19.7. The standard InChI is InChI=1S/C24H39N4O2P/c1-2-3-4-5-6-7-8-9-10-17-22-30-31(29,27-25-23-18-13-11-14-19-23)28-26-24-20-15-12-16-21-24/h11-16,18-21,25-26H,2-10,17,22H2,1H3,(H2,27,28,29). The Balaban J connectivity index is 1.69. The molecule has 2 rings (SSSR count). The number of rotatable bonds is 18. The van der Waals surface area contributed by atoms with E-state index in [2.05, 4.69) is 28.2 Å². The van der Waals surface area contributed by atoms with E-state index in [1.54, 1.807) is 0 Å². The molecule has 0 aromatic heterocycles. The molecule has 31 heavy (non-hydrogen) atoms. The Bertz CT molecular complexity index is 683. The van der Waals surface area contributed by atoms with Crippen LogP contribution in [-0.4, -0.2) is 6.61 Å². The van der Waals surface area contributed by atoms with Crippen molar-refractivity contribution in [1.29, 1.82) is 0 Å². The fourth-order valence-corrected chi connectivity index (χ4v) is 4.32. The van der Waals surface area contributed by atoms with Gasteiger partial charge in [-0.2, -0.15) is 0 Å². The lowest BCUT2D eigenvalue weighted by Gasteiger charge is -2.22. The van der Waals surface area contributed by atoms with Crippen LogP contribution in [0.1, 0.15) is 71.1 Å². The van der Waals surface area contributed by atoms with E-state index < -0.39 is 7.67 Å². The van der Waals surface area contributed by atoms with E-state index in [9.17, 15) is 4.57 Å². The van der Waals surface area contributed by atoms with Gasteiger partial charge in [0.15, 0.2) is 0 Å². The Morgan fingerprint density at radius 1 is 0.645 bits per heavy atom. The summed E-state index contributed by atoms with van der Waals surface area (Å²) >= 11 is 0. The summed E-state index contributed by atoms with van der Waals surface area (Å²) < 4.78 is 19.0. The van der Waals surface area contributed by atoms with E-state index in [-0.39, 0.29) is 0 Å². The van der Waals surface area contributed by atoms with Crippen molar-refractivity contribution in [3.8, 4) is 0 Å². The first-order valence-corrected chi connectivity index (χ1v) is 13.3. The Morgan fingerprint density at radius 2 is 1.06 bits per heavy atom. The van der Waals surface area contributed by atoms with E-state index in [0.717, 1.165) is 24.2 Å². The molecule has 0 spiro atoms. The Labute approximate surface area is 188 Å². The van der Waals surface area contributed by atoms with Crippen LogP contribution in [-0.2, 0) is 9.09 Å². The second-order valence-corrected chi connectivity index (χ2v) is 9.58. The highest BCUT2D eigenvalue weighted by molar-refractivity contribution is 7.54. The molecule has 2 aromatic rings. The molecule has 0 aliphatic heterocycles. The Kier molecular flexibility index (Phi) is 13.0. The second kappa shape index (κ2) is 15.9. The molecule has 2 aromatic carbocycles. The van der Waals surface area contributed by atoms with Gasteiger partial charge in [-0.05, 0) is 30.7 Å². The van der Waals surface area contributed by atoms with Crippen LogP contribution < -0.4 is 21.2 Å². The third-order valence-electron chi connectivity index (χ3n) is 5.01. The highest BCUT2D eigenvalue weighted by Crippen LogP contribution is 2.37. The van der Waals surface area contributed by atoms with Crippen LogP contribution in [0.25, 0.3) is 0 Å². The van der Waals surface area contributed by atoms with Crippen LogP contribution >= 0.6 is 7.67 Å². The van der Waals surface area contributed by atoms with Crippen molar-refractivity contribution in [3.63, 3.8) is 0 Å². The van der Waals surface area contributed by atoms with Gasteiger partial charge in [0.25, 0.3) is 0 Å². The lowest BCUT2D eigenvalue weighted by atomic mass is 10.1. The van der Waals surface area contributed by atoms with E-state index in [0.29, 0.717) is 6.61 Å². The monoisotopic (exact) mass is 446 g/mol. The summed E-state index contributed by atoms with van der Waals surface area (Å²) in [4.78, 5) is 0. The van der Waals surface area contributed by atoms with Gasteiger partial charge in [-0.1, -0.05) is 101 Å². The number of nitrogens with one attached hydrogen (secondary N) is 4. The van der Waals surface area contributed by atoms with Gasteiger partial charge in [-0.25, -0.2) is 0 Å². The number of anilines is 2. The van der Waals surface area contributed by atoms with Gasteiger partial charge < -0.3 is 15.4 Å². The van der Waals surface area contributed by atoms with Crippen molar-refractivity contribution >= 4 is 19.0 Å². The first-order chi connectivity index (χ1) is 15.2. The predicted molar refractivity (Wildman–Crippen MR) is 132 cm³/mol. The average molecular weight is 447 g/mol. The lowest BCUT2D eigenvalue weighted by molar-refractivity contribution is 0.291. The molecule has 6 nitrogen and oxygen atoms in total. The minimum absolute atomic E-state index is 0.431. The van der Waals surface area contributed by atoms with Crippen LogP contribution in [0.2, 0.25) is 0 Å². The van der Waals surface area contributed by atoms with Crippen molar-refractivity contribution in [2.24, 2.45) is 0 Å². The van der Waals surface area contributed by atoms with Crippen LogP contribution in [0.3, 0.4) is 0 Å². The second-order valence-electron chi connectivity index (χ2n) is 7.77. The summed E-state index contributed by atoms with van der Waals surface area (Å²) in [6.45, 7) is 2.68. The van der Waals surface area contributed by atoms with Gasteiger partial charge >= 0.3 is 7.67 Å². The molecule has 0 unspecified atom stereocenters. The van der Waals surface area contributed by atoms with E-state index >= 15 is 0 Å². The van der Waals surface area contributed by atoms with Crippen molar-refractivity contribution in [2.45, 2.75) is 71.1 Å². The van der Waals surface area contributed by atoms with Gasteiger partial charge in [0.2, 0.25) is 0 Å². The van der Waals surface area contributed by atoms with Crippen molar-refractivity contribution in [1.82, 2.24) is 10.4 Å². The van der Waals surface area contributed by atoms with Gasteiger partial charge in [-0.3, -0.25) is 4.57 Å². The van der Waals surface area contributed by atoms with E-state index in [1.165, 1.54) is 51.4 Å². The number of hydrogen-bond donors (Lipinski definition) is 4. The minimum Gasteiger partial charge on any atom is -0.313 e. The molecule has 0 radical (unpaired) electrons. The summed E-state index contributed by atoms with van der Waals surface area (Å²) in [7, 11) is -3.35. The number of para-hydroxylation sites is 2. The molecular formula is C24H39N4O2P. The fraction of sp³-hybridized carbons (Fsp3) is 0.500. The summed E-state index contributed by atoms with van der Waals surface area (Å²) in [5.41, 5.74) is 7.56. The third-order valence-corrected chi connectivity index (χ3v) is 6.37. The molecule has 0 atom stereocenters. The number of hydrazine groups is 2. The van der Waals surface area contributed by atoms with Crippen LogP contribution in [0, 0.1) is 0 Å². The average Bonchev–Trinajstić information content (AvgIpc) is 2.81. The molecule has 0 amide bonds. The predicted octanol–water partition coefficient (Wildman–Crippen LogP) is 7.27. The molecular weight excluding hydrogens is 407 g/mol. The van der Waals surface area contributed by atoms with Crippen molar-refractivity contribution in [2.75, 3.05) is 17.5 Å². The van der Waals surface area contributed by atoms with Gasteiger partial charge in [0, 0.05) is 11.4 Å². The third kappa shape index (κ3) is 11.9. The van der Waals surface area contributed by atoms with E-state index in [1.807, 2.05) is 60.7 Å². The summed E-state index contributed by atoms with van der Waals surface area (Å²) in [5, 5.41) is 5.66. The maximum absolute atomic E-state index is 13.3. The number of hydrogen-bond acceptors (Lipinski definition) is 4. The van der Waals surface area contributed by atoms with Crippen molar-refractivity contribution in [3.05, 3.63) is 60.7 Å². The smallest absolute Gasteiger partial charge is 0.313 e. The van der Waals surface area contributed by atoms with Crippen LogP contribution in [0.5, 0.6) is 0 Å². The maximum Gasteiger partial charge on any atom is 0.375 e. The first kappa shape index (κ1) is 25.4. The summed E-state index contributed by atoms with van der Waals surface area (Å²) in [6, 6.07) is 19.1. The quantitative estimate of drug-likeness (QED) is 0.110. The van der Waals surface area contributed by atoms with Gasteiger partial charge in [0.05, 0.1) is 6.61 Å². The number of benzene rings is 2. The summed E-state index contributed by atoms with van der Waals surface area (Å²) in [5.74, 6) is 0. The highest BCUT2D eigenvalue weighted by Gasteiger charge is 2.22. The van der Waals surface area contributed by atoms with E-state index in [4.69, 9.17) is 4.52 Å². The van der Waals surface area contributed by atoms with Crippen molar-refractivity contribution < 1.29 is 9.09 Å². The number of unbranched alkanes of at least 4 members (excludes halogenated alkanes) is 9. The fourth-order valence-electron chi connectivity index (χ4n) is 3.19. The maximum atomic E-state index is 13.3. The first-order valence-electron chi connectivity index (χ1n) is 11.6. The SMILES string of the molecule is CCCCCCCCCCCCOP(=O)(NNc1ccccc1)NNc1ccccc1. The molecule has 172 valence electrons. The molecule has 0 bridgehead atoms. The molecule has 0 fully saturated rings. The zero-order valence-electron chi connectivity index (χ0n) is 18.8. The topological polar surface area (TPSA) is 74.4 Å². The van der Waals surface area contributed by atoms with Crippen LogP contribution in [0.4, 0.5) is 11.4 Å². The van der Waals surface area contributed by atoms with Crippen LogP contribution in [0.15, 0.2) is 60.7 Å².